The highest BCUT2D eigenvalue weighted by atomic mass is 16.5. The summed E-state index contributed by atoms with van der Waals surface area (Å²) >= 11 is 0. The van der Waals surface area contributed by atoms with Gasteiger partial charge in [-0.1, -0.05) is 6.42 Å². The Hall–Kier alpha value is -1.10. The first-order valence-electron chi connectivity index (χ1n) is 7.24. The fourth-order valence-electron chi connectivity index (χ4n) is 3.75. The molecular weight excluding hydrogens is 244 g/mol. The maximum Gasteiger partial charge on any atom is 0.313 e. The van der Waals surface area contributed by atoms with Gasteiger partial charge in [-0.3, -0.25) is 14.5 Å². The molecule has 0 bridgehead atoms. The van der Waals surface area contributed by atoms with E-state index in [-0.39, 0.29) is 17.3 Å². The van der Waals surface area contributed by atoms with E-state index in [1.807, 2.05) is 0 Å². The van der Waals surface area contributed by atoms with Crippen LogP contribution in [-0.4, -0.2) is 49.6 Å². The van der Waals surface area contributed by atoms with Crippen molar-refractivity contribution >= 4 is 11.9 Å². The first-order chi connectivity index (χ1) is 9.14. The quantitative estimate of drug-likeness (QED) is 0.755. The first-order valence-corrected chi connectivity index (χ1v) is 7.24. The van der Waals surface area contributed by atoms with Gasteiger partial charge in [0.05, 0.1) is 19.1 Å². The standard InChI is InChI=1S/C14H22N2O3/c1-19-13(18)14-6-2-3-10(14)7-16(9-14)8-12(17)15-11-4-5-11/h10-11H,2-9H2,1H3,(H,15,17)/t10-,14+/m0/s1. The van der Waals surface area contributed by atoms with Crippen LogP contribution >= 0.6 is 0 Å². The SMILES string of the molecule is COC(=O)[C@@]12CCC[C@H]1CN(CC(=O)NC1CC1)C2. The van der Waals surface area contributed by atoms with E-state index in [2.05, 4.69) is 10.2 Å². The van der Waals surface area contributed by atoms with E-state index < -0.39 is 0 Å². The molecule has 2 aliphatic carbocycles. The Balaban J connectivity index is 1.61. The zero-order valence-corrected chi connectivity index (χ0v) is 11.5. The number of ether oxygens (including phenoxy) is 1. The minimum Gasteiger partial charge on any atom is -0.469 e. The molecule has 1 aliphatic heterocycles. The Morgan fingerprint density at radius 1 is 1.37 bits per heavy atom. The smallest absolute Gasteiger partial charge is 0.313 e. The fraction of sp³-hybridized carbons (Fsp3) is 0.857. The molecule has 0 radical (unpaired) electrons. The second-order valence-corrected chi connectivity index (χ2v) is 6.25. The van der Waals surface area contributed by atoms with Gasteiger partial charge in [-0.25, -0.2) is 0 Å². The number of nitrogens with one attached hydrogen (secondary N) is 1. The molecule has 3 rings (SSSR count). The summed E-state index contributed by atoms with van der Waals surface area (Å²) in [4.78, 5) is 26.1. The molecule has 1 saturated heterocycles. The summed E-state index contributed by atoms with van der Waals surface area (Å²) in [7, 11) is 1.47. The van der Waals surface area contributed by atoms with Crippen LogP contribution in [0.25, 0.3) is 0 Å². The lowest BCUT2D eigenvalue weighted by Crippen LogP contribution is -2.40. The molecule has 1 heterocycles. The average molecular weight is 266 g/mol. The lowest BCUT2D eigenvalue weighted by atomic mass is 9.81. The predicted octanol–water partition coefficient (Wildman–Crippen LogP) is 0.540. The number of esters is 1. The van der Waals surface area contributed by atoms with Crippen molar-refractivity contribution in [3.05, 3.63) is 0 Å². The molecule has 0 aromatic carbocycles. The third-order valence-corrected chi connectivity index (χ3v) is 4.84. The molecule has 19 heavy (non-hydrogen) atoms. The predicted molar refractivity (Wildman–Crippen MR) is 69.4 cm³/mol. The van der Waals surface area contributed by atoms with Crippen LogP contribution in [0, 0.1) is 11.3 Å². The van der Waals surface area contributed by atoms with E-state index in [4.69, 9.17) is 4.74 Å². The number of hydrogen-bond donors (Lipinski definition) is 1. The molecule has 0 aromatic rings. The second kappa shape index (κ2) is 4.78. The van der Waals surface area contributed by atoms with Crippen LogP contribution in [0.3, 0.4) is 0 Å². The number of amides is 1. The summed E-state index contributed by atoms with van der Waals surface area (Å²) in [5.41, 5.74) is -0.339. The molecule has 0 spiro atoms. The van der Waals surface area contributed by atoms with Crippen molar-refractivity contribution in [2.75, 3.05) is 26.7 Å². The van der Waals surface area contributed by atoms with Gasteiger partial charge >= 0.3 is 5.97 Å². The Kier molecular flexibility index (Phi) is 3.25. The Morgan fingerprint density at radius 3 is 2.84 bits per heavy atom. The topological polar surface area (TPSA) is 58.6 Å². The lowest BCUT2D eigenvalue weighted by Gasteiger charge is -2.25. The number of carbonyl (C=O) groups excluding carboxylic acids is 2. The normalized spacial score (nSPS) is 34.1. The maximum absolute atomic E-state index is 12.1. The fourth-order valence-corrected chi connectivity index (χ4v) is 3.75. The van der Waals surface area contributed by atoms with Gasteiger partial charge in [-0.2, -0.15) is 0 Å². The monoisotopic (exact) mass is 266 g/mol. The van der Waals surface area contributed by atoms with Gasteiger partial charge in [0.25, 0.3) is 0 Å². The van der Waals surface area contributed by atoms with Crippen LogP contribution in [0.1, 0.15) is 32.1 Å². The van der Waals surface area contributed by atoms with E-state index >= 15 is 0 Å². The van der Waals surface area contributed by atoms with Gasteiger partial charge in [0, 0.05) is 19.1 Å². The molecule has 106 valence electrons. The Bertz CT molecular complexity index is 394. The van der Waals surface area contributed by atoms with Crippen molar-refractivity contribution in [1.82, 2.24) is 10.2 Å². The highest BCUT2D eigenvalue weighted by Crippen LogP contribution is 2.49. The van der Waals surface area contributed by atoms with Crippen molar-refractivity contribution in [3.63, 3.8) is 0 Å². The number of likely N-dealkylation sites (tertiary alicyclic amines) is 1. The summed E-state index contributed by atoms with van der Waals surface area (Å²) in [6.07, 6.45) is 5.31. The first kappa shape index (κ1) is 12.9. The number of carbonyl (C=O) groups is 2. The summed E-state index contributed by atoms with van der Waals surface area (Å²) in [6, 6.07) is 0.407. The van der Waals surface area contributed by atoms with E-state index in [0.29, 0.717) is 25.0 Å². The van der Waals surface area contributed by atoms with Crippen molar-refractivity contribution in [2.24, 2.45) is 11.3 Å². The average Bonchev–Trinajstić information content (AvgIpc) is 2.97. The number of rotatable bonds is 4. The summed E-state index contributed by atoms with van der Waals surface area (Å²) in [5, 5.41) is 3.01. The molecule has 2 saturated carbocycles. The van der Waals surface area contributed by atoms with Crippen LogP contribution in [-0.2, 0) is 14.3 Å². The Labute approximate surface area is 113 Å². The van der Waals surface area contributed by atoms with Gasteiger partial charge in [0.2, 0.25) is 5.91 Å². The van der Waals surface area contributed by atoms with E-state index in [9.17, 15) is 9.59 Å². The molecule has 3 fully saturated rings. The molecule has 2 atom stereocenters. The van der Waals surface area contributed by atoms with E-state index in [1.54, 1.807) is 0 Å². The van der Waals surface area contributed by atoms with Crippen molar-refractivity contribution in [3.8, 4) is 0 Å². The van der Waals surface area contributed by atoms with Gasteiger partial charge in [0.1, 0.15) is 0 Å². The minimum absolute atomic E-state index is 0.0832. The van der Waals surface area contributed by atoms with E-state index in [0.717, 1.165) is 38.6 Å². The molecule has 1 N–H and O–H groups in total. The molecule has 0 aromatic heterocycles. The molecular formula is C14H22N2O3. The second-order valence-electron chi connectivity index (χ2n) is 6.25. The Morgan fingerprint density at radius 2 is 2.16 bits per heavy atom. The third kappa shape index (κ3) is 2.36. The van der Waals surface area contributed by atoms with E-state index in [1.165, 1.54) is 7.11 Å². The zero-order valence-electron chi connectivity index (χ0n) is 11.5. The van der Waals surface area contributed by atoms with Crippen LogP contribution < -0.4 is 5.32 Å². The van der Waals surface area contributed by atoms with Gasteiger partial charge in [-0.15, -0.1) is 0 Å². The minimum atomic E-state index is -0.339. The summed E-state index contributed by atoms with van der Waals surface area (Å²) in [5.74, 6) is 0.385. The van der Waals surface area contributed by atoms with Crippen LogP contribution in [0.2, 0.25) is 0 Å². The molecule has 3 aliphatic rings. The third-order valence-electron chi connectivity index (χ3n) is 4.84. The summed E-state index contributed by atoms with van der Waals surface area (Å²) in [6.45, 7) is 1.96. The molecule has 5 nitrogen and oxygen atoms in total. The number of fused-ring (bicyclic) bond motifs is 1. The van der Waals surface area contributed by atoms with Gasteiger partial charge in [-0.05, 0) is 31.6 Å². The zero-order chi connectivity index (χ0) is 13.5. The highest BCUT2D eigenvalue weighted by Gasteiger charge is 2.55. The number of nitrogens with zero attached hydrogens (tertiary/aromatic N) is 1. The molecule has 0 unspecified atom stereocenters. The van der Waals surface area contributed by atoms with Gasteiger partial charge in [0.15, 0.2) is 0 Å². The molecule has 1 amide bonds. The maximum atomic E-state index is 12.1. The lowest BCUT2D eigenvalue weighted by molar-refractivity contribution is -0.153. The molecule has 5 heteroatoms. The van der Waals surface area contributed by atoms with Crippen LogP contribution in [0.15, 0.2) is 0 Å². The summed E-state index contributed by atoms with van der Waals surface area (Å²) < 4.78 is 5.00. The van der Waals surface area contributed by atoms with Gasteiger partial charge < -0.3 is 10.1 Å². The van der Waals surface area contributed by atoms with Crippen LogP contribution in [0.4, 0.5) is 0 Å². The largest absolute Gasteiger partial charge is 0.469 e. The number of hydrogen-bond acceptors (Lipinski definition) is 4. The highest BCUT2D eigenvalue weighted by molar-refractivity contribution is 5.80. The van der Waals surface area contributed by atoms with Crippen LogP contribution in [0.5, 0.6) is 0 Å². The van der Waals surface area contributed by atoms with Crippen molar-refractivity contribution < 1.29 is 14.3 Å². The number of methoxy groups -OCH3 is 1. The van der Waals surface area contributed by atoms with Crippen molar-refractivity contribution in [2.45, 2.75) is 38.1 Å². The van der Waals surface area contributed by atoms with Crippen molar-refractivity contribution in [1.29, 1.82) is 0 Å².